The van der Waals surface area contributed by atoms with Crippen LogP contribution in [-0.2, 0) is 0 Å². The Balaban J connectivity index is 0.00000242. The summed E-state index contributed by atoms with van der Waals surface area (Å²) in [5.41, 5.74) is 1.31. The zero-order chi connectivity index (χ0) is 15.1. The molecule has 22 heavy (non-hydrogen) atoms. The Kier molecular flexibility index (Phi) is 8.48. The number of hydrogen-bond donors (Lipinski definition) is 2. The van der Waals surface area contributed by atoms with E-state index in [-0.39, 0.29) is 24.0 Å². The van der Waals surface area contributed by atoms with Crippen molar-refractivity contribution in [1.29, 1.82) is 0 Å². The van der Waals surface area contributed by atoms with Gasteiger partial charge in [0, 0.05) is 19.6 Å². The number of nitrogens with one attached hydrogen (secondary N) is 2. The Bertz CT molecular complexity index is 477. The third kappa shape index (κ3) is 5.61. The molecule has 0 heterocycles. The average molecular weight is 414 g/mol. The first kappa shape index (κ1) is 19.0. The lowest BCUT2D eigenvalue weighted by atomic mass is 10.1. The summed E-state index contributed by atoms with van der Waals surface area (Å²) in [4.78, 5) is 6.55. The molecule has 1 aliphatic carbocycles. The molecule has 1 aliphatic rings. The molecule has 1 aromatic rings. The fourth-order valence-corrected chi connectivity index (χ4v) is 2.59. The van der Waals surface area contributed by atoms with Crippen LogP contribution in [0, 0.1) is 0 Å². The maximum Gasteiger partial charge on any atom is 0.191 e. The van der Waals surface area contributed by atoms with Gasteiger partial charge in [-0.25, -0.2) is 0 Å². The van der Waals surface area contributed by atoms with Gasteiger partial charge in [-0.3, -0.25) is 4.99 Å². The van der Waals surface area contributed by atoms with Crippen LogP contribution in [0.3, 0.4) is 0 Å². The monoisotopic (exact) mass is 414 g/mol. The zero-order valence-electron chi connectivity index (χ0n) is 13.6. The predicted molar refractivity (Wildman–Crippen MR) is 105 cm³/mol. The molecule has 0 spiro atoms. The maximum absolute atomic E-state index is 4.32. The summed E-state index contributed by atoms with van der Waals surface area (Å²) in [7, 11) is 6.04. The van der Waals surface area contributed by atoms with Crippen LogP contribution in [0.15, 0.2) is 47.5 Å². The molecule has 4 nitrogen and oxygen atoms in total. The largest absolute Gasteiger partial charge is 0.354 e. The minimum atomic E-state index is 0. The normalized spacial score (nSPS) is 16.5. The van der Waals surface area contributed by atoms with Crippen molar-refractivity contribution in [2.24, 2.45) is 4.99 Å². The van der Waals surface area contributed by atoms with E-state index in [0.29, 0.717) is 12.1 Å². The molecule has 2 rings (SSSR count). The Labute approximate surface area is 151 Å². The zero-order valence-corrected chi connectivity index (χ0v) is 16.0. The van der Waals surface area contributed by atoms with Gasteiger partial charge in [0.05, 0.1) is 6.04 Å². The average Bonchev–Trinajstić information content (AvgIpc) is 3.00. The van der Waals surface area contributed by atoms with Gasteiger partial charge in [0.1, 0.15) is 0 Å². The van der Waals surface area contributed by atoms with E-state index in [2.05, 4.69) is 77.1 Å². The second-order valence-corrected chi connectivity index (χ2v) is 5.63. The summed E-state index contributed by atoms with van der Waals surface area (Å²) in [5, 5.41) is 6.91. The Morgan fingerprint density at radius 3 is 2.41 bits per heavy atom. The number of likely N-dealkylation sites (N-methyl/N-ethyl adjacent to an activating group) is 1. The lowest BCUT2D eigenvalue weighted by Gasteiger charge is -2.26. The molecule has 0 radical (unpaired) electrons. The third-order valence-corrected chi connectivity index (χ3v) is 3.84. The van der Waals surface area contributed by atoms with Crippen molar-refractivity contribution in [2.45, 2.75) is 24.9 Å². The first-order valence-electron chi connectivity index (χ1n) is 7.54. The van der Waals surface area contributed by atoms with E-state index >= 15 is 0 Å². The highest BCUT2D eigenvalue weighted by atomic mass is 127. The van der Waals surface area contributed by atoms with Crippen LogP contribution >= 0.6 is 24.0 Å². The minimum absolute atomic E-state index is 0. The van der Waals surface area contributed by atoms with Crippen LogP contribution in [-0.4, -0.2) is 44.6 Å². The third-order valence-electron chi connectivity index (χ3n) is 3.84. The van der Waals surface area contributed by atoms with Crippen molar-refractivity contribution in [3.63, 3.8) is 0 Å². The van der Waals surface area contributed by atoms with Crippen molar-refractivity contribution in [3.8, 4) is 0 Å². The van der Waals surface area contributed by atoms with E-state index in [9.17, 15) is 0 Å². The van der Waals surface area contributed by atoms with Gasteiger partial charge in [0.2, 0.25) is 0 Å². The first-order chi connectivity index (χ1) is 10.2. The Morgan fingerprint density at radius 1 is 1.23 bits per heavy atom. The van der Waals surface area contributed by atoms with Gasteiger partial charge in [0.15, 0.2) is 5.96 Å². The molecule has 0 fully saturated rings. The predicted octanol–water partition coefficient (Wildman–Crippen LogP) is 2.79. The fraction of sp³-hybridized carbons (Fsp3) is 0.471. The maximum atomic E-state index is 4.32. The highest BCUT2D eigenvalue weighted by molar-refractivity contribution is 14.0. The standard InChI is InChI=1S/C17H26N4.HI/c1-18-17(20-15-11-7-8-12-15)19-13-16(21(2)3)14-9-5-4-6-10-14;/h4-10,15-16H,11-13H2,1-3H3,(H2,18,19,20);1H. The number of benzene rings is 1. The van der Waals surface area contributed by atoms with Crippen LogP contribution in [0.4, 0.5) is 0 Å². The second kappa shape index (κ2) is 9.84. The SMILES string of the molecule is CN=C(NCC(c1ccccc1)N(C)C)NC1CC=CC1.I. The summed E-state index contributed by atoms with van der Waals surface area (Å²) < 4.78 is 0. The lowest BCUT2D eigenvalue weighted by molar-refractivity contribution is 0.298. The Morgan fingerprint density at radius 2 is 1.86 bits per heavy atom. The van der Waals surface area contributed by atoms with Crippen LogP contribution in [0.25, 0.3) is 0 Å². The van der Waals surface area contributed by atoms with Gasteiger partial charge in [-0.2, -0.15) is 0 Å². The van der Waals surface area contributed by atoms with E-state index in [1.54, 1.807) is 0 Å². The quantitative estimate of drug-likeness (QED) is 0.337. The molecular formula is C17H27IN4. The van der Waals surface area contributed by atoms with Gasteiger partial charge < -0.3 is 15.5 Å². The van der Waals surface area contributed by atoms with Crippen molar-refractivity contribution in [2.75, 3.05) is 27.7 Å². The molecule has 1 aromatic carbocycles. The molecular weight excluding hydrogens is 387 g/mol. The molecule has 2 N–H and O–H groups in total. The van der Waals surface area contributed by atoms with Gasteiger partial charge in [-0.1, -0.05) is 42.5 Å². The highest BCUT2D eigenvalue weighted by Crippen LogP contribution is 2.16. The topological polar surface area (TPSA) is 39.7 Å². The van der Waals surface area contributed by atoms with Gasteiger partial charge in [0.25, 0.3) is 0 Å². The van der Waals surface area contributed by atoms with Crippen LogP contribution in [0.1, 0.15) is 24.4 Å². The van der Waals surface area contributed by atoms with Crippen LogP contribution < -0.4 is 10.6 Å². The summed E-state index contributed by atoms with van der Waals surface area (Å²) in [6.45, 7) is 0.830. The molecule has 0 amide bonds. The van der Waals surface area contributed by atoms with Crippen LogP contribution in [0.5, 0.6) is 0 Å². The molecule has 0 saturated heterocycles. The molecule has 0 bridgehead atoms. The van der Waals surface area contributed by atoms with E-state index in [0.717, 1.165) is 25.3 Å². The molecule has 122 valence electrons. The summed E-state index contributed by atoms with van der Waals surface area (Å²) in [5.74, 6) is 0.881. The smallest absolute Gasteiger partial charge is 0.191 e. The summed E-state index contributed by atoms with van der Waals surface area (Å²) >= 11 is 0. The van der Waals surface area contributed by atoms with Gasteiger partial charge in [-0.15, -0.1) is 24.0 Å². The number of nitrogens with zero attached hydrogens (tertiary/aromatic N) is 2. The summed E-state index contributed by atoms with van der Waals surface area (Å²) in [6, 6.07) is 11.4. The lowest BCUT2D eigenvalue weighted by Crippen LogP contribution is -2.45. The van der Waals surface area contributed by atoms with Gasteiger partial charge in [-0.05, 0) is 32.5 Å². The van der Waals surface area contributed by atoms with Crippen molar-refractivity contribution >= 4 is 29.9 Å². The first-order valence-corrected chi connectivity index (χ1v) is 7.54. The molecule has 0 aromatic heterocycles. The highest BCUT2D eigenvalue weighted by Gasteiger charge is 2.16. The molecule has 0 saturated carbocycles. The number of aliphatic imine (C=N–C) groups is 1. The van der Waals surface area contributed by atoms with Crippen molar-refractivity contribution in [1.82, 2.24) is 15.5 Å². The van der Waals surface area contributed by atoms with Crippen molar-refractivity contribution in [3.05, 3.63) is 48.0 Å². The van der Waals surface area contributed by atoms with E-state index in [1.165, 1.54) is 5.56 Å². The van der Waals surface area contributed by atoms with E-state index in [4.69, 9.17) is 0 Å². The Hall–Kier alpha value is -1.08. The summed E-state index contributed by atoms with van der Waals surface area (Å²) in [6.07, 6.45) is 6.60. The van der Waals surface area contributed by atoms with E-state index in [1.807, 2.05) is 7.05 Å². The second-order valence-electron chi connectivity index (χ2n) is 5.63. The number of hydrogen-bond acceptors (Lipinski definition) is 2. The van der Waals surface area contributed by atoms with Gasteiger partial charge >= 0.3 is 0 Å². The minimum Gasteiger partial charge on any atom is -0.354 e. The molecule has 1 unspecified atom stereocenters. The van der Waals surface area contributed by atoms with E-state index < -0.39 is 0 Å². The van der Waals surface area contributed by atoms with Crippen LogP contribution in [0.2, 0.25) is 0 Å². The number of rotatable bonds is 5. The molecule has 0 aliphatic heterocycles. The molecule has 1 atom stereocenters. The fourth-order valence-electron chi connectivity index (χ4n) is 2.59. The molecule has 5 heteroatoms. The number of halogens is 1. The number of guanidine groups is 1. The van der Waals surface area contributed by atoms with Crippen molar-refractivity contribution < 1.29 is 0 Å².